The zero-order valence-corrected chi connectivity index (χ0v) is 11.7. The van der Waals surface area contributed by atoms with Crippen molar-refractivity contribution in [1.82, 2.24) is 5.32 Å². The van der Waals surface area contributed by atoms with E-state index in [2.05, 4.69) is 15.4 Å². The molecule has 0 aliphatic carbocycles. The molecule has 3 N–H and O–H groups in total. The summed E-state index contributed by atoms with van der Waals surface area (Å²) in [7, 11) is 0. The summed E-state index contributed by atoms with van der Waals surface area (Å²) < 4.78 is 40.1. The van der Waals surface area contributed by atoms with Crippen LogP contribution in [0.5, 0.6) is 5.75 Å². The van der Waals surface area contributed by atoms with Gasteiger partial charge in [0.15, 0.2) is 5.17 Å². The lowest BCUT2D eigenvalue weighted by Gasteiger charge is -2.11. The second-order valence-corrected chi connectivity index (χ2v) is 5.47. The van der Waals surface area contributed by atoms with E-state index in [-0.39, 0.29) is 17.3 Å². The van der Waals surface area contributed by atoms with Gasteiger partial charge in [-0.3, -0.25) is 15.0 Å². The number of rotatable bonds is 4. The molecule has 0 bridgehead atoms. The van der Waals surface area contributed by atoms with Crippen LogP contribution in [0.1, 0.15) is 6.42 Å². The van der Waals surface area contributed by atoms with Crippen molar-refractivity contribution in [3.05, 3.63) is 24.3 Å². The second kappa shape index (κ2) is 6.26. The maximum Gasteiger partial charge on any atom is 0.573 e. The smallest absolute Gasteiger partial charge is 0.406 e. The van der Waals surface area contributed by atoms with Crippen LogP contribution in [0.15, 0.2) is 24.3 Å². The van der Waals surface area contributed by atoms with E-state index in [1.807, 2.05) is 0 Å². The van der Waals surface area contributed by atoms with Gasteiger partial charge in [-0.1, -0.05) is 17.8 Å². The van der Waals surface area contributed by atoms with Crippen molar-refractivity contribution < 1.29 is 27.5 Å². The maximum atomic E-state index is 12.1. The quantitative estimate of drug-likeness (QED) is 0.787. The molecule has 118 valence electrons. The first kappa shape index (κ1) is 16.1. The Balaban J connectivity index is 1.95. The first-order chi connectivity index (χ1) is 10.2. The highest BCUT2D eigenvalue weighted by Gasteiger charge is 2.32. The molecular weight excluding hydrogens is 323 g/mol. The highest BCUT2D eigenvalue weighted by atomic mass is 32.2. The van der Waals surface area contributed by atoms with Crippen LogP contribution in [0.25, 0.3) is 0 Å². The molecule has 0 aromatic heterocycles. The number of amidine groups is 1. The molecule has 10 heteroatoms. The lowest BCUT2D eigenvalue weighted by molar-refractivity contribution is -0.274. The van der Waals surface area contributed by atoms with Gasteiger partial charge in [-0.15, -0.1) is 13.2 Å². The number of amides is 2. The van der Waals surface area contributed by atoms with Gasteiger partial charge in [0.05, 0.1) is 0 Å². The van der Waals surface area contributed by atoms with E-state index in [1.165, 1.54) is 12.1 Å². The van der Waals surface area contributed by atoms with Gasteiger partial charge >= 0.3 is 6.36 Å². The van der Waals surface area contributed by atoms with Gasteiger partial charge in [0.25, 0.3) is 0 Å². The van der Waals surface area contributed by atoms with E-state index in [0.717, 1.165) is 23.9 Å². The monoisotopic (exact) mass is 333 g/mol. The summed E-state index contributed by atoms with van der Waals surface area (Å²) in [5, 5.41) is 11.1. The number of anilines is 1. The van der Waals surface area contributed by atoms with Crippen LogP contribution in [-0.2, 0) is 9.59 Å². The minimum Gasteiger partial charge on any atom is -0.406 e. The predicted molar refractivity (Wildman–Crippen MR) is 73.6 cm³/mol. The minimum absolute atomic E-state index is 0.0385. The van der Waals surface area contributed by atoms with E-state index < -0.39 is 29.2 Å². The fourth-order valence-corrected chi connectivity index (χ4v) is 2.55. The lowest BCUT2D eigenvalue weighted by Crippen LogP contribution is -2.27. The third kappa shape index (κ3) is 4.65. The Labute approximate surface area is 126 Å². The van der Waals surface area contributed by atoms with Crippen LogP contribution in [0.4, 0.5) is 18.9 Å². The minimum atomic E-state index is -4.82. The van der Waals surface area contributed by atoms with Crippen molar-refractivity contribution in [2.45, 2.75) is 18.0 Å². The fraction of sp³-hybridized carbons (Fsp3) is 0.250. The molecule has 1 aliphatic rings. The second-order valence-electron chi connectivity index (χ2n) is 4.25. The predicted octanol–water partition coefficient (Wildman–Crippen LogP) is 2.08. The average molecular weight is 333 g/mol. The number of carbonyl (C=O) groups excluding carboxylic acids is 2. The Hall–Kier alpha value is -2.23. The van der Waals surface area contributed by atoms with Gasteiger partial charge in [0.1, 0.15) is 11.0 Å². The highest BCUT2D eigenvalue weighted by molar-refractivity contribution is 8.15. The van der Waals surface area contributed by atoms with Crippen LogP contribution in [-0.4, -0.2) is 28.6 Å². The SMILES string of the molecule is N=C1NC(=O)C(CC(=O)Nc2cccc(OC(F)(F)F)c2)S1. The summed E-state index contributed by atoms with van der Waals surface area (Å²) in [4.78, 5) is 23.2. The number of benzene rings is 1. The van der Waals surface area contributed by atoms with Crippen molar-refractivity contribution in [3.63, 3.8) is 0 Å². The standard InChI is InChI=1S/C12H10F3N3O3S/c13-12(14,15)21-7-3-1-2-6(4-7)17-9(19)5-8-10(20)18-11(16)22-8/h1-4,8H,5H2,(H,17,19)(H2,16,18,20). The third-order valence-corrected chi connectivity index (χ3v) is 3.51. The number of thioether (sulfide) groups is 1. The number of carbonyl (C=O) groups is 2. The number of hydrogen-bond donors (Lipinski definition) is 3. The lowest BCUT2D eigenvalue weighted by atomic mass is 10.2. The van der Waals surface area contributed by atoms with Gasteiger partial charge in [-0.2, -0.15) is 0 Å². The van der Waals surface area contributed by atoms with Crippen LogP contribution in [0, 0.1) is 5.41 Å². The van der Waals surface area contributed by atoms with E-state index in [0.29, 0.717) is 0 Å². The summed E-state index contributed by atoms with van der Waals surface area (Å²) in [5.41, 5.74) is 0.116. The molecule has 1 aromatic carbocycles. The summed E-state index contributed by atoms with van der Waals surface area (Å²) in [6.07, 6.45) is -5.01. The molecule has 6 nitrogen and oxygen atoms in total. The van der Waals surface area contributed by atoms with E-state index in [4.69, 9.17) is 5.41 Å². The van der Waals surface area contributed by atoms with Crippen LogP contribution in [0.2, 0.25) is 0 Å². The fourth-order valence-electron chi connectivity index (χ4n) is 1.70. The number of alkyl halides is 3. The first-order valence-corrected chi connectivity index (χ1v) is 6.82. The number of hydrogen-bond acceptors (Lipinski definition) is 5. The van der Waals surface area contributed by atoms with Gasteiger partial charge < -0.3 is 15.4 Å². The summed E-state index contributed by atoms with van der Waals surface area (Å²) in [6, 6.07) is 4.81. The number of halogens is 3. The Morgan fingerprint density at radius 3 is 2.77 bits per heavy atom. The molecule has 1 heterocycles. The van der Waals surface area contributed by atoms with Crippen molar-refractivity contribution in [3.8, 4) is 5.75 Å². The van der Waals surface area contributed by atoms with E-state index in [9.17, 15) is 22.8 Å². The molecule has 0 saturated carbocycles. The maximum absolute atomic E-state index is 12.1. The largest absolute Gasteiger partial charge is 0.573 e. The molecule has 1 aliphatic heterocycles. The zero-order chi connectivity index (χ0) is 16.3. The van der Waals surface area contributed by atoms with Crippen molar-refractivity contribution in [2.75, 3.05) is 5.32 Å². The van der Waals surface area contributed by atoms with E-state index in [1.54, 1.807) is 0 Å². The van der Waals surface area contributed by atoms with Gasteiger partial charge in [0, 0.05) is 18.2 Å². The molecule has 1 atom stereocenters. The van der Waals surface area contributed by atoms with Crippen molar-refractivity contribution in [2.24, 2.45) is 0 Å². The number of nitrogens with one attached hydrogen (secondary N) is 3. The van der Waals surface area contributed by atoms with E-state index >= 15 is 0 Å². The molecule has 1 aromatic rings. The molecular formula is C12H10F3N3O3S. The molecule has 1 fully saturated rings. The average Bonchev–Trinajstić information content (AvgIpc) is 2.65. The molecule has 1 unspecified atom stereocenters. The first-order valence-electron chi connectivity index (χ1n) is 5.95. The molecule has 2 rings (SSSR count). The Kier molecular flexibility index (Phi) is 4.59. The Morgan fingerprint density at radius 2 is 2.18 bits per heavy atom. The van der Waals surface area contributed by atoms with Crippen molar-refractivity contribution >= 4 is 34.4 Å². The summed E-state index contributed by atoms with van der Waals surface area (Å²) >= 11 is 0.912. The van der Waals surface area contributed by atoms with Crippen LogP contribution < -0.4 is 15.4 Å². The van der Waals surface area contributed by atoms with Crippen LogP contribution >= 0.6 is 11.8 Å². The summed E-state index contributed by atoms with van der Waals surface area (Å²) in [6.45, 7) is 0. The van der Waals surface area contributed by atoms with Crippen molar-refractivity contribution in [1.29, 1.82) is 5.41 Å². The topological polar surface area (TPSA) is 91.3 Å². The van der Waals surface area contributed by atoms with Gasteiger partial charge in [-0.05, 0) is 12.1 Å². The molecule has 22 heavy (non-hydrogen) atoms. The highest BCUT2D eigenvalue weighted by Crippen LogP contribution is 2.26. The summed E-state index contributed by atoms with van der Waals surface area (Å²) in [5.74, 6) is -1.45. The zero-order valence-electron chi connectivity index (χ0n) is 10.9. The van der Waals surface area contributed by atoms with Gasteiger partial charge in [-0.25, -0.2) is 0 Å². The van der Waals surface area contributed by atoms with Crippen LogP contribution in [0.3, 0.4) is 0 Å². The van der Waals surface area contributed by atoms with Gasteiger partial charge in [0.2, 0.25) is 11.8 Å². The molecule has 0 radical (unpaired) electrons. The molecule has 1 saturated heterocycles. The Morgan fingerprint density at radius 1 is 1.45 bits per heavy atom. The molecule has 0 spiro atoms. The number of ether oxygens (including phenoxy) is 1. The normalized spacial score (nSPS) is 18.0. The molecule has 2 amide bonds. The third-order valence-electron chi connectivity index (χ3n) is 2.51. The Bertz CT molecular complexity index is 621.